The van der Waals surface area contributed by atoms with Crippen molar-refractivity contribution >= 4 is 58.0 Å². The average Bonchev–Trinajstić information content (AvgIpc) is 3.07. The number of unbranched alkanes of at least 4 members (excludes halogenated alkanes) is 3. The van der Waals surface area contributed by atoms with Crippen LogP contribution in [-0.4, -0.2) is 33.3 Å². The number of nitro groups is 1. The van der Waals surface area contributed by atoms with Crippen LogP contribution in [0.2, 0.25) is 15.1 Å². The van der Waals surface area contributed by atoms with E-state index in [0.29, 0.717) is 17.2 Å². The molecular formula is C18H16Cl3F6N5O3. The summed E-state index contributed by atoms with van der Waals surface area (Å²) in [5, 5.41) is 16.6. The molecular weight excluding hydrogens is 555 g/mol. The summed E-state index contributed by atoms with van der Waals surface area (Å²) in [4.78, 5) is 22.2. The summed E-state index contributed by atoms with van der Waals surface area (Å²) in [5.74, 6) is -4.33. The Balaban J connectivity index is 2.74. The van der Waals surface area contributed by atoms with Gasteiger partial charge < -0.3 is 5.32 Å². The first-order valence-corrected chi connectivity index (χ1v) is 10.9. The third-order valence-electron chi connectivity index (χ3n) is 4.51. The molecule has 35 heavy (non-hydrogen) atoms. The minimum absolute atomic E-state index is 0.111. The molecule has 8 nitrogen and oxygen atoms in total. The van der Waals surface area contributed by atoms with Crippen LogP contribution < -0.4 is 10.6 Å². The first kappa shape index (κ1) is 28.8. The minimum atomic E-state index is -5.47. The number of nitrogens with zero attached hydrogens (tertiary/aromatic N) is 3. The highest BCUT2D eigenvalue weighted by Crippen LogP contribution is 2.46. The highest BCUT2D eigenvalue weighted by Gasteiger charge is 2.43. The summed E-state index contributed by atoms with van der Waals surface area (Å²) in [6.45, 7) is 2.05. The van der Waals surface area contributed by atoms with E-state index in [1.165, 1.54) is 5.32 Å². The summed E-state index contributed by atoms with van der Waals surface area (Å²) in [6, 6.07) is 0.325. The van der Waals surface area contributed by atoms with Crippen LogP contribution in [0.5, 0.6) is 0 Å². The van der Waals surface area contributed by atoms with Crippen LogP contribution in [-0.2, 0) is 11.0 Å². The van der Waals surface area contributed by atoms with E-state index >= 15 is 0 Å². The Morgan fingerprint density at radius 2 is 1.74 bits per heavy atom. The number of amides is 1. The maximum absolute atomic E-state index is 13.2. The van der Waals surface area contributed by atoms with Crippen molar-refractivity contribution in [2.75, 3.05) is 17.2 Å². The predicted octanol–water partition coefficient (Wildman–Crippen LogP) is 7.25. The molecule has 1 heterocycles. The molecule has 0 atom stereocenters. The zero-order chi connectivity index (χ0) is 26.7. The third-order valence-corrected chi connectivity index (χ3v) is 5.65. The molecule has 0 saturated heterocycles. The Morgan fingerprint density at radius 1 is 1.11 bits per heavy atom. The summed E-state index contributed by atoms with van der Waals surface area (Å²) >= 11 is 17.6. The van der Waals surface area contributed by atoms with E-state index in [1.54, 1.807) is 0 Å². The summed E-state index contributed by atoms with van der Waals surface area (Å²) in [6.07, 6.45) is -7.51. The van der Waals surface area contributed by atoms with Gasteiger partial charge in [0.25, 0.3) is 0 Å². The summed E-state index contributed by atoms with van der Waals surface area (Å²) < 4.78 is 78.7. The van der Waals surface area contributed by atoms with E-state index in [1.807, 2.05) is 6.92 Å². The first-order chi connectivity index (χ1) is 16.1. The van der Waals surface area contributed by atoms with Crippen molar-refractivity contribution in [3.05, 3.63) is 36.8 Å². The van der Waals surface area contributed by atoms with Crippen LogP contribution in [0.1, 0.15) is 38.2 Å². The fourth-order valence-corrected chi connectivity index (χ4v) is 3.77. The standard InChI is InChI=1S/C18H16Cl3F6N5O3/c1-2-3-4-5-6-28-14-13(32(34)35)15(29-16(33)18(25,26)27)31(30-14)12-9(19)7-8(17(22,23)24)10(20)11(12)21/h7H,2-6H2,1H3,(H,28,30)(H,29,33). The molecule has 1 aromatic heterocycles. The molecule has 194 valence electrons. The largest absolute Gasteiger partial charge is 0.471 e. The molecule has 17 heteroatoms. The van der Waals surface area contributed by atoms with E-state index < -0.39 is 66.8 Å². The van der Waals surface area contributed by atoms with Gasteiger partial charge in [0.1, 0.15) is 5.69 Å². The highest BCUT2D eigenvalue weighted by molar-refractivity contribution is 6.45. The molecule has 1 amide bonds. The summed E-state index contributed by atoms with van der Waals surface area (Å²) in [7, 11) is 0. The number of hydrogen-bond donors (Lipinski definition) is 2. The van der Waals surface area contributed by atoms with Crippen molar-refractivity contribution in [2.24, 2.45) is 0 Å². The lowest BCUT2D eigenvalue weighted by molar-refractivity contribution is -0.383. The monoisotopic (exact) mass is 569 g/mol. The molecule has 2 N–H and O–H groups in total. The van der Waals surface area contributed by atoms with Crippen molar-refractivity contribution in [3.8, 4) is 5.69 Å². The number of aromatic nitrogens is 2. The average molecular weight is 571 g/mol. The number of anilines is 2. The van der Waals surface area contributed by atoms with E-state index in [-0.39, 0.29) is 6.54 Å². The number of halogens is 9. The number of hydrogen-bond acceptors (Lipinski definition) is 5. The predicted molar refractivity (Wildman–Crippen MR) is 118 cm³/mol. The number of alkyl halides is 6. The quantitative estimate of drug-likeness (QED) is 0.109. The third kappa shape index (κ3) is 6.61. The number of benzene rings is 1. The zero-order valence-electron chi connectivity index (χ0n) is 17.6. The van der Waals surface area contributed by atoms with Crippen LogP contribution in [0.4, 0.5) is 43.7 Å². The van der Waals surface area contributed by atoms with Gasteiger partial charge in [0.2, 0.25) is 11.6 Å². The van der Waals surface area contributed by atoms with Crippen molar-refractivity contribution in [2.45, 2.75) is 45.0 Å². The molecule has 0 spiro atoms. The number of rotatable bonds is 9. The fraction of sp³-hybridized carbons (Fsp3) is 0.444. The van der Waals surface area contributed by atoms with Crippen LogP contribution in [0.25, 0.3) is 5.69 Å². The second-order valence-electron chi connectivity index (χ2n) is 7.03. The molecule has 2 aromatic rings. The zero-order valence-corrected chi connectivity index (χ0v) is 19.8. The van der Waals surface area contributed by atoms with Gasteiger partial charge in [0, 0.05) is 6.54 Å². The van der Waals surface area contributed by atoms with Crippen LogP contribution >= 0.6 is 34.8 Å². The fourth-order valence-electron chi connectivity index (χ4n) is 2.90. The molecule has 2 rings (SSSR count). The van der Waals surface area contributed by atoms with Gasteiger partial charge in [-0.25, -0.2) is 4.68 Å². The van der Waals surface area contributed by atoms with E-state index in [0.717, 1.165) is 19.3 Å². The van der Waals surface area contributed by atoms with Gasteiger partial charge in [-0.2, -0.15) is 26.3 Å². The van der Waals surface area contributed by atoms with Crippen LogP contribution in [0.15, 0.2) is 6.07 Å². The van der Waals surface area contributed by atoms with E-state index in [9.17, 15) is 41.3 Å². The lowest BCUT2D eigenvalue weighted by Gasteiger charge is -2.16. The molecule has 1 aromatic carbocycles. The number of carbonyl (C=O) groups is 1. The maximum atomic E-state index is 13.2. The Hall–Kier alpha value is -2.45. The maximum Gasteiger partial charge on any atom is 0.471 e. The van der Waals surface area contributed by atoms with Crippen molar-refractivity contribution in [1.82, 2.24) is 9.78 Å². The molecule has 0 fully saturated rings. The second-order valence-corrected chi connectivity index (χ2v) is 8.20. The molecule has 0 saturated carbocycles. The lowest BCUT2D eigenvalue weighted by atomic mass is 10.2. The Morgan fingerprint density at radius 3 is 2.26 bits per heavy atom. The van der Waals surface area contributed by atoms with Crippen molar-refractivity contribution in [3.63, 3.8) is 0 Å². The topological polar surface area (TPSA) is 102 Å². The van der Waals surface area contributed by atoms with Crippen LogP contribution in [0, 0.1) is 10.1 Å². The molecule has 0 radical (unpaired) electrons. The normalized spacial score (nSPS) is 12.1. The van der Waals surface area contributed by atoms with Gasteiger partial charge in [-0.05, 0) is 12.5 Å². The molecule has 0 unspecified atom stereocenters. The van der Waals surface area contributed by atoms with Gasteiger partial charge in [0.05, 0.1) is 25.6 Å². The van der Waals surface area contributed by atoms with Gasteiger partial charge in [-0.3, -0.25) is 20.2 Å². The SMILES string of the molecule is CCCCCCNc1nn(-c2c(Cl)cc(C(F)(F)F)c(Cl)c2Cl)c(NC(=O)C(F)(F)F)c1[N+](=O)[O-]. The Labute approximate surface area is 208 Å². The van der Waals surface area contributed by atoms with Crippen LogP contribution in [0.3, 0.4) is 0 Å². The van der Waals surface area contributed by atoms with E-state index in [2.05, 4.69) is 10.4 Å². The Kier molecular flexibility index (Phi) is 9.11. The van der Waals surface area contributed by atoms with Gasteiger partial charge in [0.15, 0.2) is 0 Å². The van der Waals surface area contributed by atoms with Gasteiger partial charge in [-0.15, -0.1) is 5.10 Å². The number of nitrogens with one attached hydrogen (secondary N) is 2. The molecule has 0 aliphatic heterocycles. The van der Waals surface area contributed by atoms with Crippen molar-refractivity contribution < 1.29 is 36.1 Å². The molecule has 0 bridgehead atoms. The van der Waals surface area contributed by atoms with Gasteiger partial charge in [-0.1, -0.05) is 61.0 Å². The smallest absolute Gasteiger partial charge is 0.363 e. The van der Waals surface area contributed by atoms with Gasteiger partial charge >= 0.3 is 23.9 Å². The lowest BCUT2D eigenvalue weighted by Crippen LogP contribution is -2.31. The Bertz CT molecular complexity index is 1120. The summed E-state index contributed by atoms with van der Waals surface area (Å²) in [5.41, 5.74) is -3.28. The van der Waals surface area contributed by atoms with E-state index in [4.69, 9.17) is 34.8 Å². The second kappa shape index (κ2) is 11.1. The number of carbonyl (C=O) groups excluding carboxylic acids is 1. The highest BCUT2D eigenvalue weighted by atomic mass is 35.5. The molecule has 0 aliphatic rings. The van der Waals surface area contributed by atoms with Crippen molar-refractivity contribution in [1.29, 1.82) is 0 Å². The minimum Gasteiger partial charge on any atom is -0.363 e. The molecule has 0 aliphatic carbocycles. The first-order valence-electron chi connectivity index (χ1n) is 9.75.